The van der Waals surface area contributed by atoms with E-state index in [-0.39, 0.29) is 11.3 Å². The molecule has 26 heavy (non-hydrogen) atoms. The molecule has 0 radical (unpaired) electrons. The van der Waals surface area contributed by atoms with Crippen LogP contribution in [0.25, 0.3) is 0 Å². The van der Waals surface area contributed by atoms with E-state index in [4.69, 9.17) is 4.74 Å². The highest BCUT2D eigenvalue weighted by molar-refractivity contribution is 7.94. The fourth-order valence-electron chi connectivity index (χ4n) is 3.03. The van der Waals surface area contributed by atoms with Crippen LogP contribution >= 0.6 is 0 Å². The van der Waals surface area contributed by atoms with E-state index in [9.17, 15) is 13.3 Å². The molecule has 0 fully saturated rings. The first kappa shape index (κ1) is 19.0. The van der Waals surface area contributed by atoms with E-state index < -0.39 is 34.7 Å². The molecule has 2 aromatic rings. The maximum absolute atomic E-state index is 14.1. The number of nitrogens with zero attached hydrogens (tertiary/aromatic N) is 1. The third-order valence-electron chi connectivity index (χ3n) is 4.35. The summed E-state index contributed by atoms with van der Waals surface area (Å²) in [6.07, 6.45) is 0. The molecular weight excluding hydrogens is 356 g/mol. The van der Waals surface area contributed by atoms with E-state index in [0.717, 1.165) is 5.69 Å². The van der Waals surface area contributed by atoms with E-state index in [1.54, 1.807) is 16.4 Å². The number of halogens is 2. The van der Waals surface area contributed by atoms with Crippen molar-refractivity contribution >= 4 is 17.0 Å². The average Bonchev–Trinajstić information content (AvgIpc) is 2.90. The topological polar surface area (TPSA) is 35.5 Å². The molecule has 0 amide bonds. The first-order chi connectivity index (χ1) is 12.1. The minimum absolute atomic E-state index is 0.101. The number of rotatable bonds is 4. The summed E-state index contributed by atoms with van der Waals surface area (Å²) in [5.41, 5.74) is 1.29. The van der Waals surface area contributed by atoms with Crippen LogP contribution in [0.5, 0.6) is 5.75 Å². The standard InChI is InChI=1S/C20H23F2NO2S/c1-14(16-11-8-12-17-18(16)25-13-20(17,21)22)23(26(24)19(2,3)4)15-9-6-5-7-10-15/h5-12,14H,13H2,1-4H3/t14-,26-/m1/s1. The van der Waals surface area contributed by atoms with Crippen molar-refractivity contribution in [1.82, 2.24) is 0 Å². The van der Waals surface area contributed by atoms with Gasteiger partial charge in [0.25, 0.3) is 0 Å². The number of hydrogen-bond acceptors (Lipinski definition) is 3. The fourth-order valence-corrected chi connectivity index (χ4v) is 4.34. The Kier molecular flexibility index (Phi) is 4.92. The lowest BCUT2D eigenvalue weighted by Crippen LogP contribution is -2.44. The number of fused-ring (bicyclic) bond motifs is 1. The molecule has 6 heteroatoms. The lowest BCUT2D eigenvalue weighted by atomic mass is 10.0. The Balaban J connectivity index is 2.08. The third kappa shape index (κ3) is 3.40. The molecule has 0 N–H and O–H groups in total. The minimum atomic E-state index is -2.99. The Bertz CT molecular complexity index is 777. The van der Waals surface area contributed by atoms with Gasteiger partial charge in [-0.1, -0.05) is 30.3 Å². The lowest BCUT2D eigenvalue weighted by molar-refractivity contribution is -0.0214. The van der Waals surface area contributed by atoms with Gasteiger partial charge in [-0.3, -0.25) is 0 Å². The van der Waals surface area contributed by atoms with Crippen molar-refractivity contribution in [2.24, 2.45) is 0 Å². The van der Waals surface area contributed by atoms with Crippen LogP contribution in [-0.2, 0) is 17.3 Å². The highest BCUT2D eigenvalue weighted by Gasteiger charge is 2.45. The quantitative estimate of drug-likeness (QED) is 0.685. The molecule has 0 unspecified atom stereocenters. The maximum Gasteiger partial charge on any atom is 0.310 e. The molecule has 1 heterocycles. The van der Waals surface area contributed by atoms with Crippen LogP contribution < -0.4 is 9.04 Å². The molecule has 3 nitrogen and oxygen atoms in total. The Hall–Kier alpha value is -1.79. The fraction of sp³-hybridized carbons (Fsp3) is 0.400. The van der Waals surface area contributed by atoms with Gasteiger partial charge >= 0.3 is 5.92 Å². The van der Waals surface area contributed by atoms with Crippen LogP contribution in [0, 0.1) is 0 Å². The Labute approximate surface area is 156 Å². The van der Waals surface area contributed by atoms with Gasteiger partial charge < -0.3 is 9.29 Å². The highest BCUT2D eigenvalue weighted by Crippen LogP contribution is 2.47. The molecule has 0 bridgehead atoms. The molecule has 140 valence electrons. The molecule has 0 saturated carbocycles. The summed E-state index contributed by atoms with van der Waals surface area (Å²) in [5, 5.41) is 0. The first-order valence-corrected chi connectivity index (χ1v) is 9.64. The molecule has 1 aliphatic heterocycles. The van der Waals surface area contributed by atoms with Crippen LogP contribution in [-0.4, -0.2) is 15.9 Å². The molecule has 1 aliphatic rings. The van der Waals surface area contributed by atoms with Crippen LogP contribution in [0.1, 0.15) is 44.9 Å². The van der Waals surface area contributed by atoms with Crippen LogP contribution in [0.3, 0.4) is 0 Å². The third-order valence-corrected chi connectivity index (χ3v) is 6.28. The van der Waals surface area contributed by atoms with Gasteiger partial charge in [0.15, 0.2) is 6.61 Å². The zero-order chi connectivity index (χ0) is 19.1. The summed E-state index contributed by atoms with van der Waals surface area (Å²) in [5.74, 6) is -2.79. The Morgan fingerprint density at radius 2 is 1.77 bits per heavy atom. The number of alkyl halides is 2. The van der Waals surface area contributed by atoms with Gasteiger partial charge in [0.1, 0.15) is 16.5 Å². The zero-order valence-corrected chi connectivity index (χ0v) is 16.1. The van der Waals surface area contributed by atoms with Gasteiger partial charge in [0.2, 0.25) is 0 Å². The number of anilines is 1. The van der Waals surface area contributed by atoms with Crippen molar-refractivity contribution in [2.45, 2.75) is 44.4 Å². The van der Waals surface area contributed by atoms with Gasteiger partial charge in [0.05, 0.1) is 22.6 Å². The molecule has 0 aliphatic carbocycles. The molecular formula is C20H23F2NO2S. The van der Waals surface area contributed by atoms with Gasteiger partial charge in [-0.05, 0) is 45.9 Å². The molecule has 3 rings (SSSR count). The summed E-state index contributed by atoms with van der Waals surface area (Å²) >= 11 is -1.38. The van der Waals surface area contributed by atoms with E-state index in [1.807, 2.05) is 58.0 Å². The lowest BCUT2D eigenvalue weighted by Gasteiger charge is -2.37. The van der Waals surface area contributed by atoms with Gasteiger partial charge in [-0.2, -0.15) is 13.1 Å². The van der Waals surface area contributed by atoms with Crippen molar-refractivity contribution in [2.75, 3.05) is 10.9 Å². The average molecular weight is 379 g/mol. The van der Waals surface area contributed by atoms with Crippen molar-refractivity contribution in [3.05, 3.63) is 59.7 Å². The number of hydrogen-bond donors (Lipinski definition) is 0. The molecule has 0 aromatic heterocycles. The predicted octanol–water partition coefficient (Wildman–Crippen LogP) is 5.20. The summed E-state index contributed by atoms with van der Waals surface area (Å²) in [4.78, 5) is 0. The maximum atomic E-state index is 14.1. The van der Waals surface area contributed by atoms with Crippen molar-refractivity contribution in [1.29, 1.82) is 0 Å². The van der Waals surface area contributed by atoms with Crippen molar-refractivity contribution < 1.29 is 18.1 Å². The molecule has 0 spiro atoms. The second kappa shape index (κ2) is 6.74. The number of para-hydroxylation sites is 2. The Morgan fingerprint density at radius 1 is 1.12 bits per heavy atom. The second-order valence-corrected chi connectivity index (χ2v) is 9.53. The van der Waals surface area contributed by atoms with Crippen LogP contribution in [0.4, 0.5) is 14.5 Å². The van der Waals surface area contributed by atoms with E-state index in [2.05, 4.69) is 0 Å². The predicted molar refractivity (Wildman–Crippen MR) is 101 cm³/mol. The first-order valence-electron chi connectivity index (χ1n) is 8.53. The zero-order valence-electron chi connectivity index (χ0n) is 15.3. The summed E-state index contributed by atoms with van der Waals surface area (Å²) in [6, 6.07) is 13.7. The van der Waals surface area contributed by atoms with E-state index >= 15 is 0 Å². The summed E-state index contributed by atoms with van der Waals surface area (Å²) in [7, 11) is 0. The monoisotopic (exact) mass is 379 g/mol. The SMILES string of the molecule is C[C@H](c1cccc2c1OCC2(F)F)N(c1ccccc1)[S@+]([O-])C(C)(C)C. The van der Waals surface area contributed by atoms with Crippen LogP contribution in [0.15, 0.2) is 48.5 Å². The van der Waals surface area contributed by atoms with Crippen LogP contribution in [0.2, 0.25) is 0 Å². The van der Waals surface area contributed by atoms with Crippen molar-refractivity contribution in [3.8, 4) is 5.75 Å². The van der Waals surface area contributed by atoms with E-state index in [1.165, 1.54) is 6.07 Å². The van der Waals surface area contributed by atoms with E-state index in [0.29, 0.717) is 5.56 Å². The Morgan fingerprint density at radius 3 is 2.38 bits per heavy atom. The summed E-state index contributed by atoms with van der Waals surface area (Å²) < 4.78 is 48.0. The van der Waals surface area contributed by atoms with Gasteiger partial charge in [-0.15, -0.1) is 0 Å². The minimum Gasteiger partial charge on any atom is -0.593 e. The largest absolute Gasteiger partial charge is 0.593 e. The van der Waals surface area contributed by atoms with Gasteiger partial charge in [-0.25, -0.2) is 0 Å². The number of ether oxygens (including phenoxy) is 1. The van der Waals surface area contributed by atoms with Gasteiger partial charge in [0, 0.05) is 5.56 Å². The molecule has 2 atom stereocenters. The smallest absolute Gasteiger partial charge is 0.310 e. The normalized spacial score (nSPS) is 18.0. The summed E-state index contributed by atoms with van der Waals surface area (Å²) in [6.45, 7) is 6.90. The second-order valence-electron chi connectivity index (χ2n) is 7.42. The van der Waals surface area contributed by atoms with Crippen molar-refractivity contribution in [3.63, 3.8) is 0 Å². The number of benzene rings is 2. The molecule has 2 aromatic carbocycles. The highest BCUT2D eigenvalue weighted by atomic mass is 32.2. The molecule has 0 saturated heterocycles.